The molecule has 0 atom stereocenters. The Morgan fingerprint density at radius 1 is 1.19 bits per heavy atom. The van der Waals surface area contributed by atoms with E-state index < -0.39 is 16.0 Å². The summed E-state index contributed by atoms with van der Waals surface area (Å²) in [5.41, 5.74) is 0.744. The van der Waals surface area contributed by atoms with Gasteiger partial charge in [0, 0.05) is 6.42 Å². The predicted octanol–water partition coefficient (Wildman–Crippen LogP) is 0.690. The summed E-state index contributed by atoms with van der Waals surface area (Å²) in [5.74, 6) is -1.02. The molecule has 9 heteroatoms. The Hall–Kier alpha value is -2.55. The van der Waals surface area contributed by atoms with E-state index in [4.69, 9.17) is 5.11 Å². The maximum Gasteiger partial charge on any atom is 0.303 e. The number of hydrogen-bond donors (Lipinski definition) is 2. The van der Waals surface area contributed by atoms with Gasteiger partial charge in [-0.3, -0.25) is 4.79 Å². The summed E-state index contributed by atoms with van der Waals surface area (Å²) >= 11 is 0. The Balaban J connectivity index is 2.12. The molecule has 1 aromatic heterocycles. The molecule has 8 nitrogen and oxygen atoms in total. The summed E-state index contributed by atoms with van der Waals surface area (Å²) in [6, 6.07) is 5.94. The lowest BCUT2D eigenvalue weighted by molar-refractivity contribution is -0.136. The van der Waals surface area contributed by atoms with Crippen LogP contribution in [0.4, 0.5) is 5.95 Å². The number of nitrogens with one attached hydrogen (secondary N) is 1. The number of sulfonamides is 1. The van der Waals surface area contributed by atoms with E-state index in [9.17, 15) is 13.2 Å². The van der Waals surface area contributed by atoms with Gasteiger partial charge < -0.3 is 5.11 Å². The van der Waals surface area contributed by atoms with Crippen molar-refractivity contribution in [3.05, 3.63) is 42.2 Å². The third kappa shape index (κ3) is 4.21. The molecule has 2 rings (SSSR count). The van der Waals surface area contributed by atoms with Gasteiger partial charge in [-0.05, 0) is 24.1 Å². The number of benzene rings is 1. The van der Waals surface area contributed by atoms with Gasteiger partial charge in [-0.2, -0.15) is 5.10 Å². The van der Waals surface area contributed by atoms with Crippen LogP contribution in [0, 0.1) is 0 Å². The van der Waals surface area contributed by atoms with E-state index in [2.05, 4.69) is 19.9 Å². The molecular formula is C12H12N4O4S. The molecule has 110 valence electrons. The second kappa shape index (κ2) is 6.27. The topological polar surface area (TPSA) is 122 Å². The number of rotatable bonds is 6. The minimum absolute atomic E-state index is 0.00608. The smallest absolute Gasteiger partial charge is 0.303 e. The van der Waals surface area contributed by atoms with E-state index in [1.807, 2.05) is 0 Å². The molecule has 0 aliphatic heterocycles. The van der Waals surface area contributed by atoms with Crippen molar-refractivity contribution < 1.29 is 18.3 Å². The zero-order chi connectivity index (χ0) is 15.3. The van der Waals surface area contributed by atoms with Crippen molar-refractivity contribution in [1.29, 1.82) is 0 Å². The van der Waals surface area contributed by atoms with Crippen molar-refractivity contribution in [2.24, 2.45) is 0 Å². The first-order valence-electron chi connectivity index (χ1n) is 5.94. The number of aryl methyl sites for hydroxylation is 1. The van der Waals surface area contributed by atoms with Gasteiger partial charge in [-0.25, -0.2) is 18.1 Å². The predicted molar refractivity (Wildman–Crippen MR) is 73.0 cm³/mol. The second-order valence-electron chi connectivity index (χ2n) is 4.11. The minimum atomic E-state index is -3.79. The Labute approximate surface area is 120 Å². The van der Waals surface area contributed by atoms with Gasteiger partial charge in [0.1, 0.15) is 0 Å². The maximum absolute atomic E-state index is 12.1. The maximum atomic E-state index is 12.1. The quantitative estimate of drug-likeness (QED) is 0.804. The Kier molecular flexibility index (Phi) is 4.43. The lowest BCUT2D eigenvalue weighted by Gasteiger charge is -2.06. The summed E-state index contributed by atoms with van der Waals surface area (Å²) in [6.07, 6.45) is 2.98. The highest BCUT2D eigenvalue weighted by Crippen LogP contribution is 2.14. The molecule has 0 unspecified atom stereocenters. The van der Waals surface area contributed by atoms with Crippen molar-refractivity contribution >= 4 is 21.9 Å². The number of hydrogen-bond acceptors (Lipinski definition) is 6. The highest BCUT2D eigenvalue weighted by Gasteiger charge is 2.15. The average molecular weight is 308 g/mol. The zero-order valence-corrected chi connectivity index (χ0v) is 11.6. The lowest BCUT2D eigenvalue weighted by atomic mass is 10.1. The van der Waals surface area contributed by atoms with E-state index in [0.717, 1.165) is 5.56 Å². The van der Waals surface area contributed by atoms with Gasteiger partial charge in [-0.15, -0.1) is 5.10 Å². The molecule has 2 aromatic rings. The van der Waals surface area contributed by atoms with Crippen LogP contribution in [0.5, 0.6) is 0 Å². The fourth-order valence-corrected chi connectivity index (χ4v) is 2.51. The van der Waals surface area contributed by atoms with Gasteiger partial charge >= 0.3 is 5.97 Å². The molecule has 2 N–H and O–H groups in total. The zero-order valence-electron chi connectivity index (χ0n) is 10.8. The Morgan fingerprint density at radius 2 is 1.90 bits per heavy atom. The first kappa shape index (κ1) is 14.9. The molecule has 0 bridgehead atoms. The summed E-state index contributed by atoms with van der Waals surface area (Å²) in [7, 11) is -3.79. The van der Waals surface area contributed by atoms with Crippen LogP contribution in [-0.4, -0.2) is 34.7 Å². The Morgan fingerprint density at radius 3 is 2.48 bits per heavy atom. The highest BCUT2D eigenvalue weighted by molar-refractivity contribution is 7.92. The third-order valence-electron chi connectivity index (χ3n) is 2.57. The average Bonchev–Trinajstić information content (AvgIpc) is 2.46. The number of anilines is 1. The normalized spacial score (nSPS) is 11.0. The van der Waals surface area contributed by atoms with Crippen molar-refractivity contribution in [3.8, 4) is 0 Å². The molecule has 0 aliphatic rings. The molecule has 1 heterocycles. The first-order chi connectivity index (χ1) is 9.97. The molecule has 0 aliphatic carbocycles. The number of carboxylic acids is 1. The molecular weight excluding hydrogens is 296 g/mol. The van der Waals surface area contributed by atoms with E-state index >= 15 is 0 Å². The van der Waals surface area contributed by atoms with Gasteiger partial charge in [0.25, 0.3) is 16.0 Å². The SMILES string of the molecule is O=C(O)CCc1ccc(S(=O)(=O)Nc2nccnn2)cc1. The van der Waals surface area contributed by atoms with Crippen LogP contribution in [0.1, 0.15) is 12.0 Å². The summed E-state index contributed by atoms with van der Waals surface area (Å²) in [6.45, 7) is 0. The molecule has 0 spiro atoms. The van der Waals surface area contributed by atoms with Gasteiger partial charge in [0.15, 0.2) is 0 Å². The number of aliphatic carboxylic acids is 1. The van der Waals surface area contributed by atoms with Gasteiger partial charge in [0.2, 0.25) is 0 Å². The largest absolute Gasteiger partial charge is 0.481 e. The fraction of sp³-hybridized carbons (Fsp3) is 0.167. The van der Waals surface area contributed by atoms with Crippen LogP contribution in [0.15, 0.2) is 41.6 Å². The van der Waals surface area contributed by atoms with Crippen molar-refractivity contribution in [2.45, 2.75) is 17.7 Å². The third-order valence-corrected chi connectivity index (χ3v) is 3.91. The molecule has 0 radical (unpaired) electrons. The summed E-state index contributed by atoms with van der Waals surface area (Å²) in [4.78, 5) is 14.2. The number of nitrogens with zero attached hydrogens (tertiary/aromatic N) is 3. The van der Waals surface area contributed by atoms with Crippen molar-refractivity contribution in [2.75, 3.05) is 4.72 Å². The monoisotopic (exact) mass is 308 g/mol. The van der Waals surface area contributed by atoms with E-state index in [1.54, 1.807) is 12.1 Å². The van der Waals surface area contributed by atoms with Gasteiger partial charge in [0.05, 0.1) is 17.3 Å². The number of carbonyl (C=O) groups is 1. The van der Waals surface area contributed by atoms with Crippen molar-refractivity contribution in [3.63, 3.8) is 0 Å². The molecule has 0 saturated carbocycles. The van der Waals surface area contributed by atoms with E-state index in [-0.39, 0.29) is 17.3 Å². The van der Waals surface area contributed by atoms with Crippen LogP contribution in [0.25, 0.3) is 0 Å². The highest BCUT2D eigenvalue weighted by atomic mass is 32.2. The fourth-order valence-electron chi connectivity index (χ4n) is 1.56. The summed E-state index contributed by atoms with van der Waals surface area (Å²) < 4.78 is 26.3. The van der Waals surface area contributed by atoms with Crippen molar-refractivity contribution in [1.82, 2.24) is 15.2 Å². The minimum Gasteiger partial charge on any atom is -0.481 e. The van der Waals surface area contributed by atoms with E-state index in [0.29, 0.717) is 6.42 Å². The standard InChI is InChI=1S/C12H12N4O4S/c17-11(18)6-3-9-1-4-10(5-2-9)21(19,20)16-12-13-7-8-14-15-12/h1-2,4-5,7-8H,3,6H2,(H,17,18)(H,13,15,16). The molecule has 21 heavy (non-hydrogen) atoms. The number of carboxylic acid groups (broad SMARTS) is 1. The molecule has 0 amide bonds. The van der Waals surface area contributed by atoms with Crippen LogP contribution in [0.3, 0.4) is 0 Å². The summed E-state index contributed by atoms with van der Waals surface area (Å²) in [5, 5.41) is 15.7. The molecule has 1 aromatic carbocycles. The van der Waals surface area contributed by atoms with Gasteiger partial charge in [-0.1, -0.05) is 12.1 Å². The van der Waals surface area contributed by atoms with Crippen LogP contribution >= 0.6 is 0 Å². The second-order valence-corrected chi connectivity index (χ2v) is 5.79. The Bertz CT molecular complexity index is 717. The first-order valence-corrected chi connectivity index (χ1v) is 7.43. The molecule has 0 fully saturated rings. The van der Waals surface area contributed by atoms with Crippen LogP contribution in [0.2, 0.25) is 0 Å². The number of aromatic nitrogens is 3. The van der Waals surface area contributed by atoms with E-state index in [1.165, 1.54) is 24.5 Å². The lowest BCUT2D eigenvalue weighted by Crippen LogP contribution is -2.15. The van der Waals surface area contributed by atoms with Crippen LogP contribution < -0.4 is 4.72 Å². The molecule has 0 saturated heterocycles. The van der Waals surface area contributed by atoms with Crippen LogP contribution in [-0.2, 0) is 21.2 Å².